The molecule has 14 heteroatoms. The Morgan fingerprint density at radius 2 is 1.70 bits per heavy atom. The lowest BCUT2D eigenvalue weighted by molar-refractivity contribution is -0.137. The number of benzene rings is 3. The number of aromatic nitrogens is 4. The van der Waals surface area contributed by atoms with Crippen molar-refractivity contribution < 1.29 is 27.4 Å². The molecule has 0 aliphatic carbocycles. The largest absolute Gasteiger partial charge is 0.454 e. The average Bonchev–Trinajstić information content (AvgIpc) is 3.84. The Balaban J connectivity index is 1.00. The van der Waals surface area contributed by atoms with E-state index < -0.39 is 11.7 Å². The number of hydrogen-bond acceptors (Lipinski definition) is 9. The van der Waals surface area contributed by atoms with E-state index in [2.05, 4.69) is 20.1 Å². The van der Waals surface area contributed by atoms with Gasteiger partial charge in [0.1, 0.15) is 16.5 Å². The third-order valence-electron chi connectivity index (χ3n) is 7.94. The predicted molar refractivity (Wildman–Crippen MR) is 171 cm³/mol. The van der Waals surface area contributed by atoms with Crippen molar-refractivity contribution in [3.05, 3.63) is 111 Å². The van der Waals surface area contributed by atoms with E-state index in [-0.39, 0.29) is 12.7 Å². The molecule has 0 atom stereocenters. The van der Waals surface area contributed by atoms with Gasteiger partial charge in [-0.05, 0) is 41.5 Å². The maximum atomic E-state index is 13.6. The molecule has 1 saturated heterocycles. The van der Waals surface area contributed by atoms with Crippen LogP contribution in [0.5, 0.6) is 11.5 Å². The topological polar surface area (TPSA) is 85.6 Å². The molecule has 9 nitrogen and oxygen atoms in total. The van der Waals surface area contributed by atoms with Gasteiger partial charge in [0, 0.05) is 44.5 Å². The Morgan fingerprint density at radius 1 is 0.894 bits per heavy atom. The molecule has 7 rings (SSSR count). The Labute approximate surface area is 277 Å². The maximum absolute atomic E-state index is 13.6. The standard InChI is InChI=1S/C33H29F3N6O3S2/c34-33(35,36)24-7-4-8-25(17-24)42-29(16-22-5-2-1-3-6-22)38-39-32(42)47-20-30-37-26(19-46-30)31(43)41-13-11-40(12-14-41)18-23-9-10-27-28(15-23)45-21-44-27/h1-10,15,17,19H,11-14,16,18,20-21H2. The van der Waals surface area contributed by atoms with Crippen LogP contribution in [-0.4, -0.2) is 68.4 Å². The molecule has 242 valence electrons. The van der Waals surface area contributed by atoms with Crippen LogP contribution in [0.1, 0.15) is 38.0 Å². The first kappa shape index (κ1) is 31.2. The minimum atomic E-state index is -4.49. The number of nitrogens with zero attached hydrogens (tertiary/aromatic N) is 6. The van der Waals surface area contributed by atoms with E-state index in [4.69, 9.17) is 9.47 Å². The highest BCUT2D eigenvalue weighted by atomic mass is 32.2. The molecule has 47 heavy (non-hydrogen) atoms. The van der Waals surface area contributed by atoms with Crippen molar-refractivity contribution in [2.75, 3.05) is 33.0 Å². The summed E-state index contributed by atoms with van der Waals surface area (Å²) < 4.78 is 53.3. The molecular weight excluding hydrogens is 650 g/mol. The number of alkyl halides is 3. The van der Waals surface area contributed by atoms with Crippen molar-refractivity contribution in [2.24, 2.45) is 0 Å². The molecule has 2 aliphatic heterocycles. The molecule has 4 heterocycles. The minimum absolute atomic E-state index is 0.113. The molecular formula is C33H29F3N6O3S2. The number of thioether (sulfide) groups is 1. The van der Waals surface area contributed by atoms with Crippen molar-refractivity contribution in [1.82, 2.24) is 29.5 Å². The molecule has 0 radical (unpaired) electrons. The summed E-state index contributed by atoms with van der Waals surface area (Å²) in [6.45, 7) is 3.67. The van der Waals surface area contributed by atoms with Crippen LogP contribution in [0.2, 0.25) is 0 Å². The lowest BCUT2D eigenvalue weighted by Crippen LogP contribution is -2.48. The highest BCUT2D eigenvalue weighted by molar-refractivity contribution is 7.98. The van der Waals surface area contributed by atoms with Gasteiger partial charge >= 0.3 is 6.18 Å². The van der Waals surface area contributed by atoms with Crippen LogP contribution in [0.15, 0.2) is 83.3 Å². The normalized spacial score (nSPS) is 14.9. The van der Waals surface area contributed by atoms with Gasteiger partial charge in [0.2, 0.25) is 6.79 Å². The van der Waals surface area contributed by atoms with E-state index in [9.17, 15) is 18.0 Å². The van der Waals surface area contributed by atoms with Gasteiger partial charge in [-0.2, -0.15) is 13.2 Å². The quantitative estimate of drug-likeness (QED) is 0.168. The number of carbonyl (C=O) groups is 1. The fourth-order valence-corrected chi connectivity index (χ4v) is 7.29. The van der Waals surface area contributed by atoms with Gasteiger partial charge in [-0.1, -0.05) is 54.2 Å². The smallest absolute Gasteiger partial charge is 0.416 e. The third-order valence-corrected chi connectivity index (χ3v) is 9.91. The number of hydrogen-bond donors (Lipinski definition) is 0. The van der Waals surface area contributed by atoms with Crippen LogP contribution in [0.4, 0.5) is 13.2 Å². The van der Waals surface area contributed by atoms with Gasteiger partial charge in [0.15, 0.2) is 16.7 Å². The van der Waals surface area contributed by atoms with E-state index in [1.54, 1.807) is 16.0 Å². The Bertz CT molecular complexity index is 1870. The van der Waals surface area contributed by atoms with E-state index in [0.29, 0.717) is 52.6 Å². The molecule has 2 aliphatic rings. The van der Waals surface area contributed by atoms with E-state index >= 15 is 0 Å². The fourth-order valence-electron chi connectivity index (χ4n) is 5.54. The summed E-state index contributed by atoms with van der Waals surface area (Å²) in [6, 6.07) is 20.7. The van der Waals surface area contributed by atoms with Crippen molar-refractivity contribution in [3.8, 4) is 17.2 Å². The fraction of sp³-hybridized carbons (Fsp3) is 0.273. The molecule has 2 aromatic heterocycles. The first-order chi connectivity index (χ1) is 22.8. The first-order valence-electron chi connectivity index (χ1n) is 14.9. The Kier molecular flexibility index (Phi) is 8.88. The second-order valence-electron chi connectivity index (χ2n) is 11.1. The zero-order valence-electron chi connectivity index (χ0n) is 25.0. The van der Waals surface area contributed by atoms with Gasteiger partial charge in [-0.25, -0.2) is 4.98 Å². The second-order valence-corrected chi connectivity index (χ2v) is 13.0. The van der Waals surface area contributed by atoms with Crippen LogP contribution in [0, 0.1) is 0 Å². The molecule has 0 saturated carbocycles. The molecule has 0 N–H and O–H groups in total. The van der Waals surface area contributed by atoms with E-state index in [0.717, 1.165) is 54.4 Å². The van der Waals surface area contributed by atoms with Crippen molar-refractivity contribution in [1.29, 1.82) is 0 Å². The number of amides is 1. The van der Waals surface area contributed by atoms with Crippen molar-refractivity contribution in [2.45, 2.75) is 30.1 Å². The molecule has 5 aromatic rings. The van der Waals surface area contributed by atoms with Crippen molar-refractivity contribution >= 4 is 29.0 Å². The summed E-state index contributed by atoms with van der Waals surface area (Å²) in [5.74, 6) is 2.31. The van der Waals surface area contributed by atoms with Crippen LogP contribution >= 0.6 is 23.1 Å². The van der Waals surface area contributed by atoms with E-state index in [1.165, 1.54) is 29.2 Å². The Morgan fingerprint density at radius 3 is 2.51 bits per heavy atom. The van der Waals surface area contributed by atoms with Crippen LogP contribution in [0.3, 0.4) is 0 Å². The van der Waals surface area contributed by atoms with Crippen LogP contribution in [0.25, 0.3) is 5.69 Å². The highest BCUT2D eigenvalue weighted by Crippen LogP contribution is 2.34. The van der Waals surface area contributed by atoms with Gasteiger partial charge in [-0.15, -0.1) is 21.5 Å². The zero-order chi connectivity index (χ0) is 32.4. The summed E-state index contributed by atoms with van der Waals surface area (Å²) in [7, 11) is 0. The number of carbonyl (C=O) groups excluding carboxylic acids is 1. The third kappa shape index (κ3) is 7.14. The predicted octanol–water partition coefficient (Wildman–Crippen LogP) is 6.31. The summed E-state index contributed by atoms with van der Waals surface area (Å²) >= 11 is 2.69. The highest BCUT2D eigenvalue weighted by Gasteiger charge is 2.31. The second kappa shape index (κ2) is 13.4. The molecule has 0 unspecified atom stereocenters. The van der Waals surface area contributed by atoms with Crippen LogP contribution in [-0.2, 0) is 24.9 Å². The molecule has 1 amide bonds. The van der Waals surface area contributed by atoms with Gasteiger partial charge in [-0.3, -0.25) is 14.3 Å². The lowest BCUT2D eigenvalue weighted by atomic mass is 10.1. The summed E-state index contributed by atoms with van der Waals surface area (Å²) in [5, 5.41) is 11.6. The zero-order valence-corrected chi connectivity index (χ0v) is 26.7. The number of ether oxygens (including phenoxy) is 2. The number of fused-ring (bicyclic) bond motifs is 1. The minimum Gasteiger partial charge on any atom is -0.454 e. The molecule has 3 aromatic carbocycles. The maximum Gasteiger partial charge on any atom is 0.416 e. The first-order valence-corrected chi connectivity index (χ1v) is 16.8. The number of rotatable bonds is 9. The molecule has 1 fully saturated rings. The van der Waals surface area contributed by atoms with Gasteiger partial charge in [0.25, 0.3) is 5.91 Å². The van der Waals surface area contributed by atoms with E-state index in [1.807, 2.05) is 53.4 Å². The summed E-state index contributed by atoms with van der Waals surface area (Å²) in [4.78, 5) is 22.0. The molecule has 0 bridgehead atoms. The van der Waals surface area contributed by atoms with Gasteiger partial charge in [0.05, 0.1) is 17.0 Å². The number of halogens is 3. The van der Waals surface area contributed by atoms with Crippen LogP contribution < -0.4 is 9.47 Å². The summed E-state index contributed by atoms with van der Waals surface area (Å²) in [5.41, 5.74) is 2.06. The SMILES string of the molecule is O=C(c1csc(CSc2nnc(Cc3ccccc3)n2-c2cccc(C(F)(F)F)c2)n1)N1CCN(Cc2ccc3c(c2)OCO3)CC1. The lowest BCUT2D eigenvalue weighted by Gasteiger charge is -2.34. The Hall–Kier alpha value is -4.40. The monoisotopic (exact) mass is 678 g/mol. The number of thiazole rings is 1. The van der Waals surface area contributed by atoms with Crippen molar-refractivity contribution in [3.63, 3.8) is 0 Å². The summed E-state index contributed by atoms with van der Waals surface area (Å²) in [6.07, 6.45) is -4.09. The molecule has 0 spiro atoms. The average molecular weight is 679 g/mol. The number of piperazine rings is 1. The van der Waals surface area contributed by atoms with Gasteiger partial charge < -0.3 is 14.4 Å².